The first-order valence-corrected chi connectivity index (χ1v) is 10.3. The van der Waals surface area contributed by atoms with Crippen molar-refractivity contribution in [1.29, 1.82) is 0 Å². The number of carboxylic acid groups (broad SMARTS) is 1. The van der Waals surface area contributed by atoms with Crippen molar-refractivity contribution in [1.82, 2.24) is 19.9 Å². The van der Waals surface area contributed by atoms with Gasteiger partial charge in [-0.15, -0.1) is 0 Å². The molecule has 2 saturated heterocycles. The Balaban J connectivity index is 0.000000383. The van der Waals surface area contributed by atoms with Gasteiger partial charge in [0, 0.05) is 37.3 Å². The molecule has 178 valence electrons. The molecule has 1 amide bonds. The summed E-state index contributed by atoms with van der Waals surface area (Å²) in [6, 6.07) is 7.60. The predicted octanol–water partition coefficient (Wildman–Crippen LogP) is 2.69. The van der Waals surface area contributed by atoms with Crippen LogP contribution in [0.25, 0.3) is 0 Å². The number of rotatable bonds is 3. The first kappa shape index (κ1) is 24.4. The molecule has 0 aliphatic carbocycles. The number of aromatic nitrogens is 3. The second kappa shape index (κ2) is 10.1. The zero-order chi connectivity index (χ0) is 24.1. The summed E-state index contributed by atoms with van der Waals surface area (Å²) in [5, 5.41) is 10.5. The van der Waals surface area contributed by atoms with E-state index in [4.69, 9.17) is 14.6 Å². The van der Waals surface area contributed by atoms with E-state index in [1.165, 1.54) is 0 Å². The number of nitrogens with one attached hydrogen (secondary N) is 1. The summed E-state index contributed by atoms with van der Waals surface area (Å²) in [6.45, 7) is 3.88. The van der Waals surface area contributed by atoms with Gasteiger partial charge >= 0.3 is 12.1 Å². The van der Waals surface area contributed by atoms with E-state index in [1.54, 1.807) is 24.5 Å². The Morgan fingerprint density at radius 1 is 1.24 bits per heavy atom. The molecule has 2 aliphatic rings. The average Bonchev–Trinajstić information content (AvgIpc) is 3.16. The van der Waals surface area contributed by atoms with Gasteiger partial charge in [0.2, 0.25) is 5.95 Å². The third-order valence-corrected chi connectivity index (χ3v) is 5.35. The number of aryl methyl sites for hydroxylation is 1. The molecule has 0 saturated carbocycles. The van der Waals surface area contributed by atoms with Crippen LogP contribution in [0.1, 0.15) is 35.4 Å². The van der Waals surface area contributed by atoms with E-state index in [-0.39, 0.29) is 17.6 Å². The Bertz CT molecular complexity index is 976. The molecular weight excluding hydrogens is 443 g/mol. The molecule has 2 aromatic heterocycles. The lowest BCUT2D eigenvalue weighted by Crippen LogP contribution is -2.47. The maximum Gasteiger partial charge on any atom is 0.490 e. The molecular formula is C21H24F3N5O4. The molecule has 33 heavy (non-hydrogen) atoms. The molecule has 0 aromatic carbocycles. The molecule has 2 N–H and O–H groups in total. The van der Waals surface area contributed by atoms with E-state index < -0.39 is 12.1 Å². The average molecular weight is 467 g/mol. The fourth-order valence-corrected chi connectivity index (χ4v) is 3.83. The normalized spacial score (nSPS) is 22.4. The lowest BCUT2D eigenvalue weighted by atomic mass is 9.89. The van der Waals surface area contributed by atoms with Gasteiger partial charge in [-0.3, -0.25) is 4.79 Å². The van der Waals surface area contributed by atoms with Gasteiger partial charge in [0.05, 0.1) is 12.1 Å². The fourth-order valence-electron chi connectivity index (χ4n) is 3.83. The molecule has 2 fully saturated rings. The van der Waals surface area contributed by atoms with Crippen LogP contribution in [0.2, 0.25) is 0 Å². The summed E-state index contributed by atoms with van der Waals surface area (Å²) < 4.78 is 37.9. The lowest BCUT2D eigenvalue weighted by Gasteiger charge is -2.38. The molecule has 2 aromatic rings. The SMILES string of the molecule is Cc1cccc(C(=O)N2CC[C@@]3(C[C@H](Nc4ncccn4)CCO3)C2)n1.O=C(O)C(F)(F)F. The first-order valence-electron chi connectivity index (χ1n) is 10.3. The van der Waals surface area contributed by atoms with Crippen molar-refractivity contribution in [2.45, 2.75) is 44.0 Å². The highest BCUT2D eigenvalue weighted by Gasteiger charge is 2.45. The molecule has 2 aliphatic heterocycles. The Labute approximate surface area is 188 Å². The van der Waals surface area contributed by atoms with Gasteiger partial charge in [-0.1, -0.05) is 6.07 Å². The summed E-state index contributed by atoms with van der Waals surface area (Å²) in [7, 11) is 0. The van der Waals surface area contributed by atoms with E-state index in [2.05, 4.69) is 20.3 Å². The Kier molecular flexibility index (Phi) is 7.46. The molecule has 12 heteroatoms. The van der Waals surface area contributed by atoms with Crippen LogP contribution < -0.4 is 5.32 Å². The smallest absolute Gasteiger partial charge is 0.475 e. The Morgan fingerprint density at radius 2 is 1.94 bits per heavy atom. The van der Waals surface area contributed by atoms with E-state index in [0.29, 0.717) is 31.3 Å². The highest BCUT2D eigenvalue weighted by molar-refractivity contribution is 5.92. The zero-order valence-corrected chi connectivity index (χ0v) is 17.9. The maximum absolute atomic E-state index is 12.8. The molecule has 0 unspecified atom stereocenters. The Hall–Kier alpha value is -3.28. The van der Waals surface area contributed by atoms with Crippen LogP contribution in [-0.2, 0) is 9.53 Å². The number of anilines is 1. The number of amides is 1. The van der Waals surface area contributed by atoms with Gasteiger partial charge in [-0.2, -0.15) is 13.2 Å². The third-order valence-electron chi connectivity index (χ3n) is 5.35. The van der Waals surface area contributed by atoms with Crippen molar-refractivity contribution in [3.05, 3.63) is 48.0 Å². The largest absolute Gasteiger partial charge is 0.490 e. The number of pyridine rings is 1. The van der Waals surface area contributed by atoms with Crippen LogP contribution in [0.15, 0.2) is 36.7 Å². The van der Waals surface area contributed by atoms with Crippen LogP contribution in [0.5, 0.6) is 0 Å². The molecule has 0 bridgehead atoms. The summed E-state index contributed by atoms with van der Waals surface area (Å²) in [6.07, 6.45) is 0.979. The van der Waals surface area contributed by atoms with Crippen LogP contribution in [0, 0.1) is 6.92 Å². The van der Waals surface area contributed by atoms with E-state index in [0.717, 1.165) is 25.0 Å². The minimum absolute atomic E-state index is 0.0179. The zero-order valence-electron chi connectivity index (χ0n) is 17.9. The van der Waals surface area contributed by atoms with Gasteiger partial charge in [-0.25, -0.2) is 19.7 Å². The highest BCUT2D eigenvalue weighted by Crippen LogP contribution is 2.35. The molecule has 9 nitrogen and oxygen atoms in total. The summed E-state index contributed by atoms with van der Waals surface area (Å²) in [5.74, 6) is -2.13. The quantitative estimate of drug-likeness (QED) is 0.708. The van der Waals surface area contributed by atoms with Crippen molar-refractivity contribution in [2.24, 2.45) is 0 Å². The Morgan fingerprint density at radius 3 is 2.58 bits per heavy atom. The number of alkyl halides is 3. The third kappa shape index (κ3) is 6.60. The van der Waals surface area contributed by atoms with Gasteiger partial charge in [0.15, 0.2) is 0 Å². The summed E-state index contributed by atoms with van der Waals surface area (Å²) in [5.41, 5.74) is 1.07. The van der Waals surface area contributed by atoms with Crippen molar-refractivity contribution in [3.63, 3.8) is 0 Å². The van der Waals surface area contributed by atoms with Crippen LogP contribution in [0.3, 0.4) is 0 Å². The number of hydrogen-bond acceptors (Lipinski definition) is 7. The number of ether oxygens (including phenoxy) is 1. The van der Waals surface area contributed by atoms with Crippen LogP contribution in [0.4, 0.5) is 19.1 Å². The molecule has 4 rings (SSSR count). The van der Waals surface area contributed by atoms with Crippen molar-refractivity contribution < 1.29 is 32.6 Å². The second-order valence-electron chi connectivity index (χ2n) is 7.88. The van der Waals surface area contributed by atoms with Gasteiger partial charge in [0.1, 0.15) is 5.69 Å². The summed E-state index contributed by atoms with van der Waals surface area (Å²) in [4.78, 5) is 36.4. The van der Waals surface area contributed by atoms with Crippen molar-refractivity contribution in [3.8, 4) is 0 Å². The van der Waals surface area contributed by atoms with E-state index >= 15 is 0 Å². The summed E-state index contributed by atoms with van der Waals surface area (Å²) >= 11 is 0. The highest BCUT2D eigenvalue weighted by atomic mass is 19.4. The monoisotopic (exact) mass is 467 g/mol. The van der Waals surface area contributed by atoms with Crippen molar-refractivity contribution >= 4 is 17.8 Å². The van der Waals surface area contributed by atoms with Crippen LogP contribution in [-0.4, -0.2) is 74.4 Å². The predicted molar refractivity (Wildman–Crippen MR) is 111 cm³/mol. The molecule has 4 heterocycles. The second-order valence-corrected chi connectivity index (χ2v) is 7.88. The molecule has 0 radical (unpaired) electrons. The van der Waals surface area contributed by atoms with E-state index in [1.807, 2.05) is 24.0 Å². The fraction of sp³-hybridized carbons (Fsp3) is 0.476. The number of aliphatic carboxylic acids is 1. The number of carbonyl (C=O) groups excluding carboxylic acids is 1. The number of hydrogen-bond donors (Lipinski definition) is 2. The minimum Gasteiger partial charge on any atom is -0.475 e. The van der Waals surface area contributed by atoms with Gasteiger partial charge in [0.25, 0.3) is 5.91 Å². The number of halogens is 3. The number of nitrogens with zero attached hydrogens (tertiary/aromatic N) is 4. The molecule has 2 atom stereocenters. The topological polar surface area (TPSA) is 118 Å². The van der Waals surface area contributed by atoms with Gasteiger partial charge in [-0.05, 0) is 44.4 Å². The first-order chi connectivity index (χ1) is 15.6. The maximum atomic E-state index is 12.8. The van der Waals surface area contributed by atoms with E-state index in [9.17, 15) is 18.0 Å². The number of likely N-dealkylation sites (tertiary alicyclic amines) is 1. The van der Waals surface area contributed by atoms with Crippen molar-refractivity contribution in [2.75, 3.05) is 25.0 Å². The lowest BCUT2D eigenvalue weighted by molar-refractivity contribution is -0.192. The minimum atomic E-state index is -5.08. The van der Waals surface area contributed by atoms with Gasteiger partial charge < -0.3 is 20.1 Å². The van der Waals surface area contributed by atoms with Crippen LogP contribution >= 0.6 is 0 Å². The standard InChI is InChI=1S/C19H23N5O2.C2HF3O2/c1-14-4-2-5-16(22-14)17(25)24-10-7-19(13-24)12-15(6-11-26-19)23-18-20-8-3-9-21-18;3-2(4,5)1(6)7/h2-5,8-9,15H,6-7,10-13H2,1H3,(H,20,21,23);(H,6,7)/t15-,19-;/m1./s1. The number of carboxylic acids is 1. The number of carbonyl (C=O) groups is 2. The molecule has 1 spiro atoms.